The summed E-state index contributed by atoms with van der Waals surface area (Å²) in [5.74, 6) is 1.21. The summed E-state index contributed by atoms with van der Waals surface area (Å²) in [6, 6.07) is 12.4. The highest BCUT2D eigenvalue weighted by molar-refractivity contribution is 5.76. The normalized spacial score (nSPS) is 18.9. The van der Waals surface area contributed by atoms with Crippen LogP contribution in [-0.4, -0.2) is 33.2 Å². The lowest BCUT2D eigenvalue weighted by atomic mass is 10.0. The lowest BCUT2D eigenvalue weighted by Gasteiger charge is -2.23. The molecule has 0 spiro atoms. The molecule has 1 amide bonds. The number of carbonyl (C=O) groups excluding carboxylic acids is 1. The van der Waals surface area contributed by atoms with E-state index in [-0.39, 0.29) is 24.3 Å². The molecule has 0 bridgehead atoms. The fourth-order valence-corrected chi connectivity index (χ4v) is 3.71. The maximum atomic E-state index is 13.7. The van der Waals surface area contributed by atoms with Crippen LogP contribution in [0.15, 0.2) is 42.5 Å². The minimum Gasteiger partial charge on any atom is -0.497 e. The summed E-state index contributed by atoms with van der Waals surface area (Å²) in [4.78, 5) is 13.6. The van der Waals surface area contributed by atoms with Gasteiger partial charge in [0.25, 0.3) is 5.91 Å². The van der Waals surface area contributed by atoms with Crippen molar-refractivity contribution in [1.29, 1.82) is 0 Å². The van der Waals surface area contributed by atoms with Crippen LogP contribution >= 0.6 is 0 Å². The highest BCUT2D eigenvalue weighted by atomic mass is 19.1. The van der Waals surface area contributed by atoms with Crippen molar-refractivity contribution in [3.05, 3.63) is 59.4 Å². The first-order valence-corrected chi connectivity index (χ1v) is 9.19. The molecule has 2 aromatic rings. The van der Waals surface area contributed by atoms with Crippen molar-refractivity contribution < 1.29 is 23.6 Å². The first-order chi connectivity index (χ1) is 13.1. The Morgan fingerprint density at radius 1 is 1.22 bits per heavy atom. The number of hydrogen-bond donors (Lipinski definition) is 2. The standard InChI is InChI=1S/C21H25FN2O3/c1-26-16-9-10-20(27-2)17(12-16)19-8-5-11-24(19)14-21(25)23-13-15-6-3-4-7-18(15)22/h3-4,6-7,9-10,12,19H,5,8,11,13-14H2,1-2H3,(H,23,25)/p+1/t19-/m0/s1. The summed E-state index contributed by atoms with van der Waals surface area (Å²) in [6.45, 7) is 1.46. The third kappa shape index (κ3) is 4.57. The van der Waals surface area contributed by atoms with E-state index in [1.54, 1.807) is 32.4 Å². The van der Waals surface area contributed by atoms with E-state index in [1.807, 2.05) is 18.2 Å². The number of halogens is 1. The van der Waals surface area contributed by atoms with Crippen LogP contribution in [0.2, 0.25) is 0 Å². The maximum Gasteiger partial charge on any atom is 0.275 e. The summed E-state index contributed by atoms with van der Waals surface area (Å²) in [6.07, 6.45) is 2.03. The Balaban J connectivity index is 1.66. The van der Waals surface area contributed by atoms with Gasteiger partial charge >= 0.3 is 0 Å². The number of benzene rings is 2. The monoisotopic (exact) mass is 373 g/mol. The summed E-state index contributed by atoms with van der Waals surface area (Å²) in [7, 11) is 3.29. The molecule has 5 nitrogen and oxygen atoms in total. The number of amides is 1. The van der Waals surface area contributed by atoms with Crippen molar-refractivity contribution in [1.82, 2.24) is 5.32 Å². The molecule has 6 heteroatoms. The number of likely N-dealkylation sites (tertiary alicyclic amines) is 1. The predicted molar refractivity (Wildman–Crippen MR) is 100 cm³/mol. The first-order valence-electron chi connectivity index (χ1n) is 9.19. The Bertz CT molecular complexity index is 797. The number of rotatable bonds is 7. The lowest BCUT2D eigenvalue weighted by Crippen LogP contribution is -3.11. The van der Waals surface area contributed by atoms with Gasteiger partial charge in [-0.1, -0.05) is 18.2 Å². The predicted octanol–water partition coefficient (Wildman–Crippen LogP) is 1.88. The molecule has 0 radical (unpaired) electrons. The number of carbonyl (C=O) groups is 1. The lowest BCUT2D eigenvalue weighted by molar-refractivity contribution is -0.910. The minimum absolute atomic E-state index is 0.0815. The summed E-state index contributed by atoms with van der Waals surface area (Å²) >= 11 is 0. The van der Waals surface area contributed by atoms with Gasteiger partial charge in [0, 0.05) is 24.9 Å². The molecule has 2 aromatic carbocycles. The van der Waals surface area contributed by atoms with Gasteiger partial charge in [0.2, 0.25) is 0 Å². The Morgan fingerprint density at radius 3 is 2.78 bits per heavy atom. The van der Waals surface area contributed by atoms with Gasteiger partial charge in [-0.2, -0.15) is 0 Å². The number of nitrogens with one attached hydrogen (secondary N) is 2. The van der Waals surface area contributed by atoms with Gasteiger partial charge in [-0.15, -0.1) is 0 Å². The molecule has 0 aromatic heterocycles. The third-order valence-electron chi connectivity index (χ3n) is 5.12. The SMILES string of the molecule is COc1ccc(OC)c([C@@H]2CCC[NH+]2CC(=O)NCc2ccccc2F)c1. The van der Waals surface area contributed by atoms with Gasteiger partial charge in [-0.05, 0) is 24.3 Å². The zero-order valence-corrected chi connectivity index (χ0v) is 15.8. The van der Waals surface area contributed by atoms with Gasteiger partial charge in [0.1, 0.15) is 23.4 Å². The number of ether oxygens (including phenoxy) is 2. The van der Waals surface area contributed by atoms with Crippen molar-refractivity contribution in [2.75, 3.05) is 27.3 Å². The second-order valence-electron chi connectivity index (χ2n) is 6.76. The van der Waals surface area contributed by atoms with Crippen molar-refractivity contribution >= 4 is 5.91 Å². The Labute approximate surface area is 159 Å². The quantitative estimate of drug-likeness (QED) is 0.779. The molecule has 27 heavy (non-hydrogen) atoms. The van der Waals surface area contributed by atoms with Crippen LogP contribution < -0.4 is 19.7 Å². The van der Waals surface area contributed by atoms with Crippen molar-refractivity contribution in [2.45, 2.75) is 25.4 Å². The Morgan fingerprint density at radius 2 is 2.04 bits per heavy atom. The molecular formula is C21H26FN2O3+. The summed E-state index contributed by atoms with van der Waals surface area (Å²) in [5, 5.41) is 2.83. The molecule has 144 valence electrons. The van der Waals surface area contributed by atoms with Crippen LogP contribution in [0.1, 0.15) is 30.0 Å². The van der Waals surface area contributed by atoms with Crippen LogP contribution in [0.5, 0.6) is 11.5 Å². The molecule has 2 N–H and O–H groups in total. The molecule has 1 saturated heterocycles. The fraction of sp³-hybridized carbons (Fsp3) is 0.381. The molecule has 3 rings (SSSR count). The van der Waals surface area contributed by atoms with Crippen molar-refractivity contribution in [3.8, 4) is 11.5 Å². The molecule has 1 fully saturated rings. The van der Waals surface area contributed by atoms with Gasteiger partial charge < -0.3 is 19.7 Å². The number of quaternary nitrogens is 1. The van der Waals surface area contributed by atoms with Crippen LogP contribution in [0.4, 0.5) is 4.39 Å². The minimum atomic E-state index is -0.301. The van der Waals surface area contributed by atoms with Crippen molar-refractivity contribution in [3.63, 3.8) is 0 Å². The molecule has 1 aliphatic heterocycles. The van der Waals surface area contributed by atoms with E-state index in [0.717, 1.165) is 36.4 Å². The van der Waals surface area contributed by atoms with E-state index in [1.165, 1.54) is 11.0 Å². The second-order valence-corrected chi connectivity index (χ2v) is 6.76. The fourth-order valence-electron chi connectivity index (χ4n) is 3.71. The Kier molecular flexibility index (Phi) is 6.29. The van der Waals surface area contributed by atoms with Gasteiger partial charge in [0.05, 0.1) is 26.3 Å². The molecule has 1 aliphatic rings. The molecular weight excluding hydrogens is 347 g/mol. The van der Waals surface area contributed by atoms with Crippen LogP contribution in [-0.2, 0) is 11.3 Å². The molecule has 1 unspecified atom stereocenters. The molecule has 0 aliphatic carbocycles. The zero-order chi connectivity index (χ0) is 19.2. The largest absolute Gasteiger partial charge is 0.497 e. The second kappa shape index (κ2) is 8.86. The average Bonchev–Trinajstić information content (AvgIpc) is 3.14. The van der Waals surface area contributed by atoms with E-state index < -0.39 is 0 Å². The molecule has 2 atom stereocenters. The maximum absolute atomic E-state index is 13.7. The number of methoxy groups -OCH3 is 2. The summed E-state index contributed by atoms with van der Waals surface area (Å²) in [5.41, 5.74) is 1.56. The topological polar surface area (TPSA) is 52.0 Å². The molecule has 1 heterocycles. The average molecular weight is 373 g/mol. The zero-order valence-electron chi connectivity index (χ0n) is 15.8. The van der Waals surface area contributed by atoms with E-state index in [9.17, 15) is 9.18 Å². The third-order valence-corrected chi connectivity index (χ3v) is 5.12. The van der Waals surface area contributed by atoms with Crippen LogP contribution in [0.25, 0.3) is 0 Å². The highest BCUT2D eigenvalue weighted by Crippen LogP contribution is 2.31. The molecule has 0 saturated carbocycles. The van der Waals surface area contributed by atoms with E-state index in [2.05, 4.69) is 5.32 Å². The van der Waals surface area contributed by atoms with Gasteiger partial charge in [-0.25, -0.2) is 4.39 Å². The smallest absolute Gasteiger partial charge is 0.275 e. The van der Waals surface area contributed by atoms with Crippen LogP contribution in [0, 0.1) is 5.82 Å². The Hall–Kier alpha value is -2.60. The van der Waals surface area contributed by atoms with E-state index in [0.29, 0.717) is 12.1 Å². The highest BCUT2D eigenvalue weighted by Gasteiger charge is 2.33. The van der Waals surface area contributed by atoms with Gasteiger partial charge in [-0.3, -0.25) is 4.79 Å². The van der Waals surface area contributed by atoms with Crippen molar-refractivity contribution in [2.24, 2.45) is 0 Å². The number of hydrogen-bond acceptors (Lipinski definition) is 3. The summed E-state index contributed by atoms with van der Waals surface area (Å²) < 4.78 is 24.6. The van der Waals surface area contributed by atoms with E-state index in [4.69, 9.17) is 9.47 Å². The van der Waals surface area contributed by atoms with Crippen LogP contribution in [0.3, 0.4) is 0 Å². The first kappa shape index (κ1) is 19.2. The van der Waals surface area contributed by atoms with E-state index >= 15 is 0 Å². The van der Waals surface area contributed by atoms with Gasteiger partial charge in [0.15, 0.2) is 6.54 Å².